The van der Waals surface area contributed by atoms with Crippen molar-refractivity contribution in [2.75, 3.05) is 5.75 Å². The zero-order chi connectivity index (χ0) is 20.2. The van der Waals surface area contributed by atoms with Gasteiger partial charge >= 0.3 is 0 Å². The molecule has 1 N–H and O–H groups in total. The molecule has 0 aliphatic carbocycles. The number of amides is 1. The van der Waals surface area contributed by atoms with Crippen LogP contribution in [0, 0.1) is 13.8 Å². The fourth-order valence-corrected chi connectivity index (χ4v) is 4.32. The van der Waals surface area contributed by atoms with Crippen molar-refractivity contribution in [3.63, 3.8) is 0 Å². The lowest BCUT2D eigenvalue weighted by Crippen LogP contribution is -2.24. The molecule has 0 spiro atoms. The van der Waals surface area contributed by atoms with Crippen LogP contribution in [-0.2, 0) is 17.9 Å². The second-order valence-electron chi connectivity index (χ2n) is 7.21. The lowest BCUT2D eigenvalue weighted by Gasteiger charge is -2.09. The van der Waals surface area contributed by atoms with Crippen LogP contribution >= 0.6 is 11.8 Å². The van der Waals surface area contributed by atoms with E-state index in [-0.39, 0.29) is 5.91 Å². The number of para-hydroxylation sites is 1. The molecule has 0 saturated heterocycles. The lowest BCUT2D eigenvalue weighted by molar-refractivity contribution is -0.118. The van der Waals surface area contributed by atoms with Crippen LogP contribution < -0.4 is 5.32 Å². The van der Waals surface area contributed by atoms with Crippen LogP contribution in [0.5, 0.6) is 0 Å². The van der Waals surface area contributed by atoms with Crippen LogP contribution in [0.15, 0.2) is 76.4 Å². The fourth-order valence-electron chi connectivity index (χ4n) is 3.41. The Morgan fingerprint density at radius 1 is 1.10 bits per heavy atom. The van der Waals surface area contributed by atoms with E-state index < -0.39 is 0 Å². The Morgan fingerprint density at radius 3 is 2.79 bits per heavy atom. The largest absolute Gasteiger partial charge is 0.467 e. The van der Waals surface area contributed by atoms with Gasteiger partial charge in [0, 0.05) is 28.5 Å². The van der Waals surface area contributed by atoms with Crippen LogP contribution in [0.3, 0.4) is 0 Å². The van der Waals surface area contributed by atoms with Crippen molar-refractivity contribution in [3.05, 3.63) is 89.5 Å². The second kappa shape index (κ2) is 8.62. The molecule has 2 aromatic heterocycles. The Balaban J connectivity index is 1.50. The quantitative estimate of drug-likeness (QED) is 0.425. The number of aryl methyl sites for hydroxylation is 2. The standard InChI is InChI=1S/C24H24N2O2S/c1-17-9-10-18(2)19(12-17)14-26-15-23(21-7-3-4-8-22(21)26)29-16-24(27)25-13-20-6-5-11-28-20/h3-12,15H,13-14,16H2,1-2H3,(H,25,27). The molecule has 2 aromatic carbocycles. The Labute approximate surface area is 174 Å². The van der Waals surface area contributed by atoms with Gasteiger partial charge in [0.15, 0.2) is 0 Å². The predicted molar refractivity (Wildman–Crippen MR) is 118 cm³/mol. The van der Waals surface area contributed by atoms with Crippen LogP contribution in [0.2, 0.25) is 0 Å². The number of benzene rings is 2. The number of nitrogens with zero attached hydrogens (tertiary/aromatic N) is 1. The molecule has 0 fully saturated rings. The number of nitrogens with one attached hydrogen (secondary N) is 1. The van der Waals surface area contributed by atoms with E-state index in [2.05, 4.69) is 66.3 Å². The normalized spacial score (nSPS) is 11.1. The van der Waals surface area contributed by atoms with Gasteiger partial charge in [-0.3, -0.25) is 4.79 Å². The molecule has 0 saturated carbocycles. The van der Waals surface area contributed by atoms with E-state index in [1.165, 1.54) is 27.6 Å². The summed E-state index contributed by atoms with van der Waals surface area (Å²) in [5, 5.41) is 4.09. The molecule has 4 aromatic rings. The molecule has 4 nitrogen and oxygen atoms in total. The molecule has 4 rings (SSSR count). The first kappa shape index (κ1) is 19.4. The molecule has 0 aliphatic rings. The third-order valence-corrected chi connectivity index (χ3v) is 6.04. The number of fused-ring (bicyclic) bond motifs is 1. The van der Waals surface area contributed by atoms with Crippen molar-refractivity contribution in [3.8, 4) is 0 Å². The first-order valence-electron chi connectivity index (χ1n) is 9.66. The monoisotopic (exact) mass is 404 g/mol. The third kappa shape index (κ3) is 4.57. The maximum Gasteiger partial charge on any atom is 0.230 e. The predicted octanol–water partition coefficient (Wildman–Crippen LogP) is 5.31. The van der Waals surface area contributed by atoms with Gasteiger partial charge in [-0.25, -0.2) is 0 Å². The van der Waals surface area contributed by atoms with Crippen LogP contribution in [-0.4, -0.2) is 16.2 Å². The van der Waals surface area contributed by atoms with Gasteiger partial charge in [0.1, 0.15) is 5.76 Å². The summed E-state index contributed by atoms with van der Waals surface area (Å²) in [7, 11) is 0. The minimum Gasteiger partial charge on any atom is -0.467 e. The van der Waals surface area contributed by atoms with E-state index in [4.69, 9.17) is 4.42 Å². The molecule has 0 radical (unpaired) electrons. The number of hydrogen-bond acceptors (Lipinski definition) is 3. The van der Waals surface area contributed by atoms with Crippen LogP contribution in [0.4, 0.5) is 0 Å². The SMILES string of the molecule is Cc1ccc(C)c(Cn2cc(SCC(=O)NCc3ccco3)c3ccccc32)c1. The van der Waals surface area contributed by atoms with Gasteiger partial charge < -0.3 is 14.3 Å². The van der Waals surface area contributed by atoms with Crippen molar-refractivity contribution < 1.29 is 9.21 Å². The summed E-state index contributed by atoms with van der Waals surface area (Å²) in [6, 6.07) is 18.6. The maximum atomic E-state index is 12.2. The minimum atomic E-state index is -0.00207. The molecule has 0 aliphatic heterocycles. The maximum absolute atomic E-state index is 12.2. The molecular formula is C24H24N2O2S. The Morgan fingerprint density at radius 2 is 1.97 bits per heavy atom. The molecule has 5 heteroatoms. The Hall–Kier alpha value is -2.92. The molecule has 2 heterocycles. The number of carbonyl (C=O) groups is 1. The molecule has 148 valence electrons. The summed E-state index contributed by atoms with van der Waals surface area (Å²) in [6.07, 6.45) is 3.78. The highest BCUT2D eigenvalue weighted by molar-refractivity contribution is 8.00. The van der Waals surface area contributed by atoms with Gasteiger partial charge in [-0.05, 0) is 43.2 Å². The summed E-state index contributed by atoms with van der Waals surface area (Å²) in [5.74, 6) is 1.13. The van der Waals surface area contributed by atoms with Gasteiger partial charge in [0.2, 0.25) is 5.91 Å². The molecule has 0 bridgehead atoms. The zero-order valence-corrected chi connectivity index (χ0v) is 17.5. The number of carbonyl (C=O) groups excluding carboxylic acids is 1. The highest BCUT2D eigenvalue weighted by Crippen LogP contribution is 2.30. The highest BCUT2D eigenvalue weighted by Gasteiger charge is 2.12. The summed E-state index contributed by atoms with van der Waals surface area (Å²) < 4.78 is 7.54. The van der Waals surface area contributed by atoms with E-state index in [0.717, 1.165) is 17.2 Å². The van der Waals surface area contributed by atoms with Crippen molar-refractivity contribution in [2.24, 2.45) is 0 Å². The Bertz CT molecular complexity index is 1130. The van der Waals surface area contributed by atoms with E-state index >= 15 is 0 Å². The molecule has 1 amide bonds. The Kier molecular flexibility index (Phi) is 5.76. The molecule has 0 atom stereocenters. The third-order valence-electron chi connectivity index (χ3n) is 5.00. The van der Waals surface area contributed by atoms with E-state index in [1.807, 2.05) is 18.2 Å². The average Bonchev–Trinajstić information content (AvgIpc) is 3.36. The molecule has 0 unspecified atom stereocenters. The average molecular weight is 405 g/mol. The first-order valence-corrected chi connectivity index (χ1v) is 10.6. The van der Waals surface area contributed by atoms with Crippen molar-refractivity contribution in [2.45, 2.75) is 31.8 Å². The highest BCUT2D eigenvalue weighted by atomic mass is 32.2. The van der Waals surface area contributed by atoms with Crippen molar-refractivity contribution >= 4 is 28.6 Å². The zero-order valence-electron chi connectivity index (χ0n) is 16.6. The van der Waals surface area contributed by atoms with Gasteiger partial charge in [0.05, 0.1) is 18.6 Å². The first-order chi connectivity index (χ1) is 14.1. The number of hydrogen-bond donors (Lipinski definition) is 1. The van der Waals surface area contributed by atoms with Crippen LogP contribution in [0.1, 0.15) is 22.5 Å². The number of aromatic nitrogens is 1. The summed E-state index contributed by atoms with van der Waals surface area (Å²) >= 11 is 1.57. The van der Waals surface area contributed by atoms with Crippen LogP contribution in [0.25, 0.3) is 10.9 Å². The second-order valence-corrected chi connectivity index (χ2v) is 8.23. The minimum absolute atomic E-state index is 0.00207. The van der Waals surface area contributed by atoms with E-state index in [1.54, 1.807) is 18.0 Å². The van der Waals surface area contributed by atoms with E-state index in [0.29, 0.717) is 12.3 Å². The topological polar surface area (TPSA) is 47.2 Å². The van der Waals surface area contributed by atoms with Gasteiger partial charge in [-0.2, -0.15) is 0 Å². The number of thioether (sulfide) groups is 1. The van der Waals surface area contributed by atoms with Gasteiger partial charge in [-0.15, -0.1) is 11.8 Å². The fraction of sp³-hybridized carbons (Fsp3) is 0.208. The number of furan rings is 1. The number of rotatable bonds is 7. The smallest absolute Gasteiger partial charge is 0.230 e. The lowest BCUT2D eigenvalue weighted by atomic mass is 10.1. The summed E-state index contributed by atoms with van der Waals surface area (Å²) in [6.45, 7) is 5.51. The van der Waals surface area contributed by atoms with Crippen molar-refractivity contribution in [1.82, 2.24) is 9.88 Å². The van der Waals surface area contributed by atoms with Gasteiger partial charge in [-0.1, -0.05) is 42.0 Å². The van der Waals surface area contributed by atoms with E-state index in [9.17, 15) is 4.79 Å². The summed E-state index contributed by atoms with van der Waals surface area (Å²) in [4.78, 5) is 13.4. The van der Waals surface area contributed by atoms with Gasteiger partial charge in [0.25, 0.3) is 0 Å². The van der Waals surface area contributed by atoms with Crippen molar-refractivity contribution in [1.29, 1.82) is 0 Å². The summed E-state index contributed by atoms with van der Waals surface area (Å²) in [5.41, 5.74) is 5.06. The molecular weight excluding hydrogens is 380 g/mol. The molecule has 29 heavy (non-hydrogen) atoms.